The number of benzene rings is 2. The van der Waals surface area contributed by atoms with Crippen molar-refractivity contribution in [1.82, 2.24) is 10.2 Å². The first-order valence-electron chi connectivity index (χ1n) is 9.14. The summed E-state index contributed by atoms with van der Waals surface area (Å²) in [6.45, 7) is 2.84. The zero-order chi connectivity index (χ0) is 18.2. The standard InChI is InChI=1S/C21H26N4O/c22-21(23-12-11-17-6-2-1-3-7-17)24-15-18-8-4-9-19(14-18)16-25-13-5-10-20(25)26/h1-4,6-9,14H,5,10-13,15-16H2,(H3,22,23,24). The van der Waals surface area contributed by atoms with Crippen molar-refractivity contribution >= 4 is 11.9 Å². The Bertz CT molecular complexity index is 758. The fraction of sp³-hybridized carbons (Fsp3) is 0.333. The number of aliphatic imine (C=N–C) groups is 1. The minimum atomic E-state index is 0.250. The average molecular weight is 350 g/mol. The molecule has 1 aliphatic rings. The number of guanidine groups is 1. The third-order valence-corrected chi connectivity index (χ3v) is 4.53. The molecule has 0 bridgehead atoms. The van der Waals surface area contributed by atoms with Crippen LogP contribution in [0.5, 0.6) is 0 Å². The fourth-order valence-corrected chi connectivity index (χ4v) is 3.13. The van der Waals surface area contributed by atoms with E-state index in [2.05, 4.69) is 34.6 Å². The molecule has 0 radical (unpaired) electrons. The van der Waals surface area contributed by atoms with E-state index in [4.69, 9.17) is 5.73 Å². The lowest BCUT2D eigenvalue weighted by molar-refractivity contribution is -0.128. The molecule has 5 heteroatoms. The largest absolute Gasteiger partial charge is 0.370 e. The van der Waals surface area contributed by atoms with Gasteiger partial charge in [0.05, 0.1) is 6.54 Å². The molecule has 0 spiro atoms. The van der Waals surface area contributed by atoms with Gasteiger partial charge in [-0.3, -0.25) is 4.79 Å². The number of nitrogens with zero attached hydrogens (tertiary/aromatic N) is 2. The fourth-order valence-electron chi connectivity index (χ4n) is 3.13. The minimum Gasteiger partial charge on any atom is -0.370 e. The number of carbonyl (C=O) groups is 1. The maximum atomic E-state index is 11.8. The Morgan fingerprint density at radius 3 is 2.62 bits per heavy atom. The van der Waals surface area contributed by atoms with Crippen LogP contribution in [0, 0.1) is 0 Å². The summed E-state index contributed by atoms with van der Waals surface area (Å²) in [7, 11) is 0. The van der Waals surface area contributed by atoms with Gasteiger partial charge in [0, 0.05) is 26.1 Å². The van der Waals surface area contributed by atoms with Gasteiger partial charge < -0.3 is 16.0 Å². The molecule has 3 N–H and O–H groups in total. The molecular formula is C21H26N4O. The van der Waals surface area contributed by atoms with Gasteiger partial charge in [-0.2, -0.15) is 0 Å². The van der Waals surface area contributed by atoms with Gasteiger partial charge in [-0.05, 0) is 29.5 Å². The highest BCUT2D eigenvalue weighted by atomic mass is 16.2. The zero-order valence-corrected chi connectivity index (χ0v) is 15.0. The molecule has 0 aromatic heterocycles. The molecule has 0 aliphatic carbocycles. The van der Waals surface area contributed by atoms with Crippen molar-refractivity contribution in [3.63, 3.8) is 0 Å². The maximum Gasteiger partial charge on any atom is 0.222 e. The van der Waals surface area contributed by atoms with E-state index >= 15 is 0 Å². The van der Waals surface area contributed by atoms with Gasteiger partial charge in [-0.1, -0.05) is 54.6 Å². The third kappa shape index (κ3) is 5.34. The molecule has 0 unspecified atom stereocenters. The number of carbonyl (C=O) groups excluding carboxylic acids is 1. The quantitative estimate of drug-likeness (QED) is 0.595. The van der Waals surface area contributed by atoms with E-state index < -0.39 is 0 Å². The molecule has 1 fully saturated rings. The van der Waals surface area contributed by atoms with Gasteiger partial charge in [0.25, 0.3) is 0 Å². The molecule has 1 saturated heterocycles. The topological polar surface area (TPSA) is 70.7 Å². The van der Waals surface area contributed by atoms with Gasteiger partial charge in [-0.25, -0.2) is 4.99 Å². The summed E-state index contributed by atoms with van der Waals surface area (Å²) in [6, 6.07) is 18.5. The lowest BCUT2D eigenvalue weighted by Gasteiger charge is -2.15. The van der Waals surface area contributed by atoms with E-state index in [0.717, 1.165) is 37.1 Å². The van der Waals surface area contributed by atoms with Crippen LogP contribution in [0.15, 0.2) is 59.6 Å². The first kappa shape index (κ1) is 18.0. The van der Waals surface area contributed by atoms with E-state index in [-0.39, 0.29) is 5.91 Å². The van der Waals surface area contributed by atoms with Crippen molar-refractivity contribution in [2.45, 2.75) is 32.4 Å². The maximum absolute atomic E-state index is 11.8. The Hall–Kier alpha value is -2.82. The molecule has 1 aliphatic heterocycles. The SMILES string of the molecule is NC(=NCc1cccc(CN2CCCC2=O)c1)NCCc1ccccc1. The lowest BCUT2D eigenvalue weighted by Crippen LogP contribution is -2.33. The highest BCUT2D eigenvalue weighted by Crippen LogP contribution is 2.15. The Morgan fingerprint density at radius 2 is 1.85 bits per heavy atom. The van der Waals surface area contributed by atoms with Crippen LogP contribution in [0.25, 0.3) is 0 Å². The van der Waals surface area contributed by atoms with E-state index in [1.165, 1.54) is 5.56 Å². The number of rotatable bonds is 7. The minimum absolute atomic E-state index is 0.250. The van der Waals surface area contributed by atoms with Crippen LogP contribution < -0.4 is 11.1 Å². The Kier molecular flexibility index (Phi) is 6.25. The summed E-state index contributed by atoms with van der Waals surface area (Å²) in [5, 5.41) is 3.16. The number of nitrogens with one attached hydrogen (secondary N) is 1. The van der Waals surface area contributed by atoms with Crippen molar-refractivity contribution in [3.8, 4) is 0 Å². The Balaban J connectivity index is 1.47. The van der Waals surface area contributed by atoms with Crippen LogP contribution in [0.1, 0.15) is 29.5 Å². The predicted molar refractivity (Wildman–Crippen MR) is 105 cm³/mol. The Labute approximate surface area is 154 Å². The Morgan fingerprint density at radius 1 is 1.08 bits per heavy atom. The monoisotopic (exact) mass is 350 g/mol. The molecule has 1 amide bonds. The third-order valence-electron chi connectivity index (χ3n) is 4.53. The summed E-state index contributed by atoms with van der Waals surface area (Å²) in [6.07, 6.45) is 2.56. The zero-order valence-electron chi connectivity index (χ0n) is 15.0. The van der Waals surface area contributed by atoms with Crippen LogP contribution in [0.4, 0.5) is 0 Å². The van der Waals surface area contributed by atoms with Crippen LogP contribution in [-0.4, -0.2) is 29.9 Å². The second-order valence-electron chi connectivity index (χ2n) is 6.60. The predicted octanol–water partition coefficient (Wildman–Crippen LogP) is 2.46. The van der Waals surface area contributed by atoms with E-state index in [9.17, 15) is 4.79 Å². The van der Waals surface area contributed by atoms with Gasteiger partial charge in [-0.15, -0.1) is 0 Å². The molecule has 26 heavy (non-hydrogen) atoms. The van der Waals surface area contributed by atoms with Gasteiger partial charge in [0.1, 0.15) is 0 Å². The first-order chi connectivity index (χ1) is 12.7. The summed E-state index contributed by atoms with van der Waals surface area (Å²) in [4.78, 5) is 18.1. The van der Waals surface area contributed by atoms with E-state index in [0.29, 0.717) is 25.5 Å². The van der Waals surface area contributed by atoms with Crippen LogP contribution in [-0.2, 0) is 24.3 Å². The van der Waals surface area contributed by atoms with Gasteiger partial charge >= 0.3 is 0 Å². The number of amides is 1. The number of likely N-dealkylation sites (tertiary alicyclic amines) is 1. The molecule has 0 atom stereocenters. The summed E-state index contributed by atoms with van der Waals surface area (Å²) < 4.78 is 0. The average Bonchev–Trinajstić information content (AvgIpc) is 3.06. The normalized spacial score (nSPS) is 14.7. The molecule has 1 heterocycles. The molecule has 3 rings (SSSR count). The lowest BCUT2D eigenvalue weighted by atomic mass is 10.1. The number of hydrogen-bond acceptors (Lipinski definition) is 2. The number of hydrogen-bond donors (Lipinski definition) is 2. The van der Waals surface area contributed by atoms with Crippen LogP contribution in [0.3, 0.4) is 0 Å². The van der Waals surface area contributed by atoms with Crippen molar-refractivity contribution in [3.05, 3.63) is 71.3 Å². The second kappa shape index (κ2) is 9.04. The smallest absolute Gasteiger partial charge is 0.222 e. The highest BCUT2D eigenvalue weighted by molar-refractivity contribution is 5.78. The molecule has 5 nitrogen and oxygen atoms in total. The molecule has 0 saturated carbocycles. The molecule has 2 aromatic carbocycles. The van der Waals surface area contributed by atoms with Gasteiger partial charge in [0.15, 0.2) is 5.96 Å². The van der Waals surface area contributed by atoms with Crippen LogP contribution >= 0.6 is 0 Å². The summed E-state index contributed by atoms with van der Waals surface area (Å²) >= 11 is 0. The molecule has 2 aromatic rings. The summed E-state index contributed by atoms with van der Waals surface area (Å²) in [5.74, 6) is 0.710. The van der Waals surface area contributed by atoms with Crippen molar-refractivity contribution in [2.24, 2.45) is 10.7 Å². The summed E-state index contributed by atoms with van der Waals surface area (Å²) in [5.41, 5.74) is 9.48. The first-order valence-corrected chi connectivity index (χ1v) is 9.14. The van der Waals surface area contributed by atoms with Crippen molar-refractivity contribution in [1.29, 1.82) is 0 Å². The van der Waals surface area contributed by atoms with Crippen molar-refractivity contribution in [2.75, 3.05) is 13.1 Å². The number of nitrogens with two attached hydrogens (primary N) is 1. The second-order valence-corrected chi connectivity index (χ2v) is 6.60. The molecule has 136 valence electrons. The van der Waals surface area contributed by atoms with Crippen LogP contribution in [0.2, 0.25) is 0 Å². The van der Waals surface area contributed by atoms with E-state index in [1.807, 2.05) is 35.2 Å². The molecular weight excluding hydrogens is 324 g/mol. The highest BCUT2D eigenvalue weighted by Gasteiger charge is 2.19. The van der Waals surface area contributed by atoms with Crippen molar-refractivity contribution < 1.29 is 4.79 Å². The van der Waals surface area contributed by atoms with Gasteiger partial charge in [0.2, 0.25) is 5.91 Å². The van der Waals surface area contributed by atoms with E-state index in [1.54, 1.807) is 0 Å².